The minimum atomic E-state index is -3.63. The quantitative estimate of drug-likeness (QED) is 0.266. The number of ether oxygens (including phenoxy) is 1. The molecule has 0 atom stereocenters. The van der Waals surface area contributed by atoms with Crippen LogP contribution in [-0.2, 0) is 16.3 Å². The first-order valence-electron chi connectivity index (χ1n) is 12.0. The van der Waals surface area contributed by atoms with Gasteiger partial charge in [0.1, 0.15) is 10.6 Å². The molecule has 7 nitrogen and oxygen atoms in total. The van der Waals surface area contributed by atoms with Crippen LogP contribution in [0, 0.1) is 0 Å². The van der Waals surface area contributed by atoms with E-state index in [2.05, 4.69) is 24.5 Å². The molecule has 0 spiro atoms. The number of benzene rings is 2. The van der Waals surface area contributed by atoms with Gasteiger partial charge in [0.2, 0.25) is 0 Å². The number of thiophene rings is 1. The van der Waals surface area contributed by atoms with Gasteiger partial charge in [-0.1, -0.05) is 29.8 Å². The van der Waals surface area contributed by atoms with Crippen LogP contribution in [0.4, 0.5) is 5.69 Å². The molecule has 38 heavy (non-hydrogen) atoms. The summed E-state index contributed by atoms with van der Waals surface area (Å²) in [5.41, 5.74) is 3.23. The van der Waals surface area contributed by atoms with E-state index in [0.717, 1.165) is 28.9 Å². The van der Waals surface area contributed by atoms with E-state index in [1.165, 1.54) is 5.38 Å². The molecule has 1 amide bonds. The average Bonchev–Trinajstić information content (AvgIpc) is 3.25. The van der Waals surface area contributed by atoms with Crippen LogP contribution >= 0.6 is 22.9 Å². The van der Waals surface area contributed by atoms with E-state index in [4.69, 9.17) is 16.3 Å². The second-order valence-electron chi connectivity index (χ2n) is 10.0. The topological polar surface area (TPSA) is 102 Å². The third-order valence-electron chi connectivity index (χ3n) is 6.23. The summed E-state index contributed by atoms with van der Waals surface area (Å²) in [5.74, 6) is -0.0932. The Labute approximate surface area is 231 Å². The summed E-state index contributed by atoms with van der Waals surface area (Å²) in [6.07, 6.45) is 2.35. The summed E-state index contributed by atoms with van der Waals surface area (Å²) in [6.45, 7) is 7.25. The van der Waals surface area contributed by atoms with Crippen LogP contribution in [-0.4, -0.2) is 38.0 Å². The van der Waals surface area contributed by atoms with Crippen molar-refractivity contribution in [2.75, 3.05) is 12.4 Å². The first-order chi connectivity index (χ1) is 17.8. The third-order valence-corrected chi connectivity index (χ3v) is 10.1. The molecule has 2 aromatic carbocycles. The van der Waals surface area contributed by atoms with Crippen molar-refractivity contribution in [1.82, 2.24) is 5.32 Å². The lowest BCUT2D eigenvalue weighted by Crippen LogP contribution is -2.43. The molecule has 0 aliphatic carbocycles. The molecule has 0 saturated heterocycles. The van der Waals surface area contributed by atoms with Crippen molar-refractivity contribution in [2.24, 2.45) is 0 Å². The maximum absolute atomic E-state index is 13.3. The third kappa shape index (κ3) is 5.65. The predicted molar refractivity (Wildman–Crippen MR) is 152 cm³/mol. The van der Waals surface area contributed by atoms with E-state index in [-0.39, 0.29) is 26.1 Å². The molecule has 0 bridgehead atoms. The van der Waals surface area contributed by atoms with Gasteiger partial charge in [-0.15, -0.1) is 11.3 Å². The zero-order chi connectivity index (χ0) is 27.8. The number of nitrogens with one attached hydrogen (secondary N) is 2. The number of carbonyl (C=O) groups excluding carboxylic acids is 2. The molecule has 3 aromatic rings. The minimum Gasteiger partial charge on any atom is -0.497 e. The Morgan fingerprint density at radius 2 is 1.92 bits per heavy atom. The molecule has 10 heteroatoms. The fraction of sp³-hybridized carbons (Fsp3) is 0.286. The van der Waals surface area contributed by atoms with E-state index < -0.39 is 21.0 Å². The second-order valence-corrected chi connectivity index (χ2v) is 13.7. The molecule has 0 radical (unpaired) electrons. The van der Waals surface area contributed by atoms with Crippen LogP contribution in [0.25, 0.3) is 5.70 Å². The largest absolute Gasteiger partial charge is 0.497 e. The smallest absolute Gasteiger partial charge is 0.267 e. The second kappa shape index (κ2) is 10.6. The van der Waals surface area contributed by atoms with E-state index in [1.54, 1.807) is 51.3 Å². The normalized spacial score (nSPS) is 15.6. The highest BCUT2D eigenvalue weighted by Gasteiger charge is 2.29. The van der Waals surface area contributed by atoms with Gasteiger partial charge in [-0.25, -0.2) is 8.42 Å². The molecule has 200 valence electrons. The summed E-state index contributed by atoms with van der Waals surface area (Å²) < 4.78 is 30.4. The molecule has 1 aliphatic heterocycles. The lowest BCUT2D eigenvalue weighted by Gasteiger charge is -2.35. The van der Waals surface area contributed by atoms with Gasteiger partial charge >= 0.3 is 0 Å². The van der Waals surface area contributed by atoms with Gasteiger partial charge in [0, 0.05) is 39.5 Å². The number of hydrogen-bond donors (Lipinski definition) is 2. The summed E-state index contributed by atoms with van der Waals surface area (Å²) in [4.78, 5) is 26.2. The van der Waals surface area contributed by atoms with Crippen molar-refractivity contribution < 1.29 is 22.7 Å². The van der Waals surface area contributed by atoms with Crippen molar-refractivity contribution >= 4 is 55.8 Å². The summed E-state index contributed by atoms with van der Waals surface area (Å²) in [6, 6.07) is 12.4. The van der Waals surface area contributed by atoms with E-state index in [9.17, 15) is 18.0 Å². The minimum absolute atomic E-state index is 0.0558. The first kappa shape index (κ1) is 27.9. The Morgan fingerprint density at radius 3 is 2.61 bits per heavy atom. The maximum atomic E-state index is 13.3. The van der Waals surface area contributed by atoms with Crippen LogP contribution in [0.2, 0.25) is 5.02 Å². The summed E-state index contributed by atoms with van der Waals surface area (Å²) >= 11 is 7.24. The highest BCUT2D eigenvalue weighted by molar-refractivity contribution is 7.92. The number of hydrogen-bond acceptors (Lipinski definition) is 7. The Bertz CT molecular complexity index is 1550. The van der Waals surface area contributed by atoms with Gasteiger partial charge in [0.15, 0.2) is 15.6 Å². The van der Waals surface area contributed by atoms with E-state index >= 15 is 0 Å². The number of fused-ring (bicyclic) bond motifs is 1. The standard InChI is InChI=1S/C28H29ClN2O5S2/c1-16(2)38(34,35)24-15-37-26(25(24)29)27(33)30-19-8-6-7-17(11-19)23(32)13-22-21-12-20(36-5)10-9-18(21)14-28(3,4)31-22/h6-13,15-16,31H,14H2,1-5H3,(H,30,33). The number of rotatable bonds is 7. The van der Waals surface area contributed by atoms with Crippen LogP contribution in [0.15, 0.2) is 58.8 Å². The summed E-state index contributed by atoms with van der Waals surface area (Å²) in [7, 11) is -2.02. The van der Waals surface area contributed by atoms with Crippen LogP contribution in [0.1, 0.15) is 58.9 Å². The van der Waals surface area contributed by atoms with Gasteiger partial charge in [-0.3, -0.25) is 9.59 Å². The SMILES string of the molecule is COc1ccc2c(c1)C(=CC(=O)c1cccc(NC(=O)c3scc(S(=O)(=O)C(C)C)c3Cl)c1)NC(C)(C)C2. The first-order valence-corrected chi connectivity index (χ1v) is 14.8. The highest BCUT2D eigenvalue weighted by Crippen LogP contribution is 2.35. The van der Waals surface area contributed by atoms with Crippen LogP contribution < -0.4 is 15.4 Å². The Balaban J connectivity index is 1.59. The zero-order valence-corrected chi connectivity index (χ0v) is 24.1. The van der Waals surface area contributed by atoms with Crippen molar-refractivity contribution in [1.29, 1.82) is 0 Å². The maximum Gasteiger partial charge on any atom is 0.267 e. The Kier molecular flexibility index (Phi) is 7.74. The lowest BCUT2D eigenvalue weighted by molar-refractivity contribution is 0.102. The predicted octanol–water partition coefficient (Wildman–Crippen LogP) is 5.99. The lowest BCUT2D eigenvalue weighted by atomic mass is 9.85. The van der Waals surface area contributed by atoms with Gasteiger partial charge in [-0.2, -0.15) is 0 Å². The molecule has 1 aliphatic rings. The number of halogens is 1. The molecular formula is C28H29ClN2O5S2. The summed E-state index contributed by atoms with van der Waals surface area (Å²) in [5, 5.41) is 6.79. The molecule has 0 saturated carbocycles. The van der Waals surface area contributed by atoms with Crippen LogP contribution in [0.5, 0.6) is 5.75 Å². The zero-order valence-electron chi connectivity index (χ0n) is 21.7. The van der Waals surface area contributed by atoms with Crippen molar-refractivity contribution in [3.63, 3.8) is 0 Å². The number of allylic oxidation sites excluding steroid dienone is 1. The molecule has 2 heterocycles. The van der Waals surface area contributed by atoms with E-state index in [1.807, 2.05) is 18.2 Å². The number of ketones is 1. The fourth-order valence-corrected chi connectivity index (χ4v) is 7.21. The van der Waals surface area contributed by atoms with E-state index in [0.29, 0.717) is 22.7 Å². The molecule has 2 N–H and O–H groups in total. The Morgan fingerprint density at radius 1 is 1.18 bits per heavy atom. The van der Waals surface area contributed by atoms with Crippen molar-refractivity contribution in [3.05, 3.63) is 80.5 Å². The number of methoxy groups -OCH3 is 1. The molecular weight excluding hydrogens is 544 g/mol. The average molecular weight is 573 g/mol. The fourth-order valence-electron chi connectivity index (χ4n) is 4.23. The highest BCUT2D eigenvalue weighted by atomic mass is 35.5. The number of sulfone groups is 1. The Hall–Kier alpha value is -3.14. The van der Waals surface area contributed by atoms with Crippen molar-refractivity contribution in [2.45, 2.75) is 49.8 Å². The molecule has 0 fully saturated rings. The number of amides is 1. The molecule has 1 aromatic heterocycles. The van der Waals surface area contributed by atoms with Gasteiger partial charge in [0.25, 0.3) is 5.91 Å². The van der Waals surface area contributed by atoms with Crippen molar-refractivity contribution in [3.8, 4) is 5.75 Å². The van der Waals surface area contributed by atoms with Gasteiger partial charge < -0.3 is 15.4 Å². The number of carbonyl (C=O) groups is 2. The number of anilines is 1. The molecule has 0 unspecified atom stereocenters. The molecule has 4 rings (SSSR count). The monoisotopic (exact) mass is 572 g/mol. The van der Waals surface area contributed by atoms with Gasteiger partial charge in [0.05, 0.1) is 22.3 Å². The van der Waals surface area contributed by atoms with Gasteiger partial charge in [-0.05, 0) is 63.9 Å². The van der Waals surface area contributed by atoms with Crippen LogP contribution in [0.3, 0.4) is 0 Å².